The molecule has 25 heavy (non-hydrogen) atoms. The van der Waals surface area contributed by atoms with E-state index in [4.69, 9.17) is 0 Å². The molecule has 2 nitrogen and oxygen atoms in total. The molecule has 142 valence electrons. The Bertz CT molecular complexity index is 290. The first-order chi connectivity index (χ1) is 11.8. The first kappa shape index (κ1) is 27.4. The predicted molar refractivity (Wildman–Crippen MR) is 103 cm³/mol. The van der Waals surface area contributed by atoms with Crippen molar-refractivity contribution in [2.45, 2.75) is 122 Å². The van der Waals surface area contributed by atoms with Gasteiger partial charge < -0.3 is 9.90 Å². The van der Waals surface area contributed by atoms with Gasteiger partial charge in [-0.2, -0.15) is 0 Å². The zero-order valence-corrected chi connectivity index (χ0v) is 19.2. The van der Waals surface area contributed by atoms with Gasteiger partial charge in [-0.3, -0.25) is 0 Å². The molecule has 0 fully saturated rings. The summed E-state index contributed by atoms with van der Waals surface area (Å²) in [5.74, 6) is -0.906. The van der Waals surface area contributed by atoms with E-state index in [0.717, 1.165) is 12.8 Å². The number of carbonyl (C=O) groups excluding carboxylic acids is 1. The second-order valence-electron chi connectivity index (χ2n) is 7.12. The van der Waals surface area contributed by atoms with Crippen LogP contribution in [0.3, 0.4) is 0 Å². The summed E-state index contributed by atoms with van der Waals surface area (Å²) in [7, 11) is 0. The van der Waals surface area contributed by atoms with E-state index in [2.05, 4.69) is 19.1 Å². The van der Waals surface area contributed by atoms with Crippen LogP contribution in [0.5, 0.6) is 0 Å². The minimum Gasteiger partial charge on any atom is -0.550 e. The topological polar surface area (TPSA) is 40.1 Å². The summed E-state index contributed by atoms with van der Waals surface area (Å²) in [5.41, 5.74) is 0. The monoisotopic (exact) mass is 360 g/mol. The smallest absolute Gasteiger partial charge is 0.550 e. The van der Waals surface area contributed by atoms with Crippen molar-refractivity contribution in [3.63, 3.8) is 0 Å². The summed E-state index contributed by atoms with van der Waals surface area (Å²) in [6.07, 6.45) is 26.8. The van der Waals surface area contributed by atoms with E-state index in [-0.39, 0.29) is 36.0 Å². The molecule has 0 rings (SSSR count). The van der Waals surface area contributed by atoms with Gasteiger partial charge in [0, 0.05) is 5.97 Å². The fourth-order valence-corrected chi connectivity index (χ4v) is 3.05. The Morgan fingerprint density at radius 1 is 0.640 bits per heavy atom. The van der Waals surface area contributed by atoms with E-state index in [9.17, 15) is 9.90 Å². The third kappa shape index (κ3) is 26.5. The SMILES string of the molecule is CCCCCCCC/C=C\CCCCCCCCCCCC(=O)[O-].[Na+]. The largest absolute Gasteiger partial charge is 1.00 e. The van der Waals surface area contributed by atoms with Crippen molar-refractivity contribution in [1.29, 1.82) is 0 Å². The summed E-state index contributed by atoms with van der Waals surface area (Å²) >= 11 is 0. The van der Waals surface area contributed by atoms with Gasteiger partial charge in [0.2, 0.25) is 0 Å². The molecule has 0 aromatic heterocycles. The number of carboxylic acids is 1. The van der Waals surface area contributed by atoms with Crippen LogP contribution < -0.4 is 34.7 Å². The first-order valence-electron chi connectivity index (χ1n) is 10.6. The molecule has 0 unspecified atom stereocenters. The Labute approximate surface area is 179 Å². The summed E-state index contributed by atoms with van der Waals surface area (Å²) < 4.78 is 0. The van der Waals surface area contributed by atoms with Gasteiger partial charge in [-0.05, 0) is 38.5 Å². The van der Waals surface area contributed by atoms with Crippen LogP contribution in [0.25, 0.3) is 0 Å². The van der Waals surface area contributed by atoms with E-state index < -0.39 is 5.97 Å². The van der Waals surface area contributed by atoms with Crippen LogP contribution in [-0.4, -0.2) is 5.97 Å². The maximum absolute atomic E-state index is 10.3. The molecule has 0 N–H and O–H groups in total. The number of hydrogen-bond donors (Lipinski definition) is 0. The minimum absolute atomic E-state index is 0. The molecule has 0 heterocycles. The first-order valence-corrected chi connectivity index (χ1v) is 10.6. The number of unbranched alkanes of at least 4 members (excludes halogenated alkanes) is 15. The van der Waals surface area contributed by atoms with Crippen LogP contribution in [0.15, 0.2) is 12.2 Å². The van der Waals surface area contributed by atoms with E-state index in [1.807, 2.05) is 0 Å². The fraction of sp³-hybridized carbons (Fsp3) is 0.864. The third-order valence-electron chi connectivity index (χ3n) is 4.64. The molecule has 0 atom stereocenters. The summed E-state index contributed by atoms with van der Waals surface area (Å²) in [6.45, 7) is 2.27. The van der Waals surface area contributed by atoms with E-state index in [0.29, 0.717) is 0 Å². The zero-order valence-electron chi connectivity index (χ0n) is 17.2. The summed E-state index contributed by atoms with van der Waals surface area (Å²) in [5, 5.41) is 10.3. The second-order valence-corrected chi connectivity index (χ2v) is 7.12. The van der Waals surface area contributed by atoms with Crippen molar-refractivity contribution in [2.75, 3.05) is 0 Å². The second kappa shape index (κ2) is 24.2. The Morgan fingerprint density at radius 3 is 1.40 bits per heavy atom. The standard InChI is InChI=1S/C22H42O2.Na/c1-2-3-4-5-6-7-8-9-10-11-12-13-14-15-16-17-18-19-20-21-22(23)24;/h9-10H,2-8,11-21H2,1H3,(H,23,24);/q;+1/p-1/b10-9-;. The zero-order chi connectivity index (χ0) is 17.7. The molecule has 0 amide bonds. The molecular formula is C22H41NaO2. The maximum Gasteiger partial charge on any atom is 1.00 e. The van der Waals surface area contributed by atoms with Gasteiger partial charge in [-0.15, -0.1) is 0 Å². The van der Waals surface area contributed by atoms with Crippen LogP contribution in [0, 0.1) is 0 Å². The van der Waals surface area contributed by atoms with Crippen LogP contribution in [0.4, 0.5) is 0 Å². The van der Waals surface area contributed by atoms with Gasteiger partial charge in [0.25, 0.3) is 0 Å². The number of rotatable bonds is 19. The molecule has 0 saturated carbocycles. The molecule has 0 spiro atoms. The van der Waals surface area contributed by atoms with Crippen LogP contribution >= 0.6 is 0 Å². The average molecular weight is 361 g/mol. The molecule has 0 saturated heterocycles. The van der Waals surface area contributed by atoms with Crippen molar-refractivity contribution >= 4 is 5.97 Å². The Kier molecular flexibility index (Phi) is 26.6. The van der Waals surface area contributed by atoms with E-state index in [1.165, 1.54) is 96.3 Å². The van der Waals surface area contributed by atoms with Crippen molar-refractivity contribution in [1.82, 2.24) is 0 Å². The van der Waals surface area contributed by atoms with Gasteiger partial charge in [0.15, 0.2) is 0 Å². The summed E-state index contributed by atoms with van der Waals surface area (Å²) in [6, 6.07) is 0. The molecule has 0 radical (unpaired) electrons. The van der Waals surface area contributed by atoms with Crippen molar-refractivity contribution in [2.24, 2.45) is 0 Å². The number of aliphatic carboxylic acids is 1. The molecular weight excluding hydrogens is 319 g/mol. The van der Waals surface area contributed by atoms with Crippen molar-refractivity contribution < 1.29 is 39.5 Å². The maximum atomic E-state index is 10.3. The Balaban J connectivity index is 0. The van der Waals surface area contributed by atoms with Gasteiger partial charge in [-0.1, -0.05) is 96.1 Å². The number of carbonyl (C=O) groups is 1. The van der Waals surface area contributed by atoms with Gasteiger partial charge >= 0.3 is 29.6 Å². The van der Waals surface area contributed by atoms with E-state index >= 15 is 0 Å². The number of hydrogen-bond acceptors (Lipinski definition) is 2. The fourth-order valence-electron chi connectivity index (χ4n) is 3.05. The molecule has 0 aromatic carbocycles. The Morgan fingerprint density at radius 2 is 1.00 bits per heavy atom. The van der Waals surface area contributed by atoms with Crippen LogP contribution in [-0.2, 0) is 4.79 Å². The molecule has 0 aliphatic heterocycles. The third-order valence-corrected chi connectivity index (χ3v) is 4.64. The predicted octanol–water partition coefficient (Wildman–Crippen LogP) is 3.34. The normalized spacial score (nSPS) is 10.9. The number of carboxylic acid groups (broad SMARTS) is 1. The molecule has 0 aliphatic carbocycles. The van der Waals surface area contributed by atoms with Gasteiger partial charge in [0.05, 0.1) is 0 Å². The van der Waals surface area contributed by atoms with Crippen LogP contribution in [0.2, 0.25) is 0 Å². The van der Waals surface area contributed by atoms with E-state index in [1.54, 1.807) is 0 Å². The van der Waals surface area contributed by atoms with Crippen LogP contribution in [0.1, 0.15) is 122 Å². The Hall–Kier alpha value is 0.210. The minimum atomic E-state index is -0.906. The van der Waals surface area contributed by atoms with Gasteiger partial charge in [0.1, 0.15) is 0 Å². The molecule has 0 bridgehead atoms. The summed E-state index contributed by atoms with van der Waals surface area (Å²) in [4.78, 5) is 10.3. The van der Waals surface area contributed by atoms with Crippen molar-refractivity contribution in [3.05, 3.63) is 12.2 Å². The quantitative estimate of drug-likeness (QED) is 0.201. The average Bonchev–Trinajstić information content (AvgIpc) is 2.56. The number of allylic oxidation sites excluding steroid dienone is 2. The van der Waals surface area contributed by atoms with Crippen molar-refractivity contribution in [3.8, 4) is 0 Å². The van der Waals surface area contributed by atoms with Gasteiger partial charge in [-0.25, -0.2) is 0 Å². The molecule has 0 aromatic rings. The molecule has 3 heteroatoms. The molecule has 0 aliphatic rings.